The van der Waals surface area contributed by atoms with Crippen molar-refractivity contribution in [3.05, 3.63) is 29.3 Å². The third-order valence-corrected chi connectivity index (χ3v) is 3.79. The molecule has 0 saturated carbocycles. The van der Waals surface area contributed by atoms with Crippen molar-refractivity contribution in [3.8, 4) is 5.75 Å². The summed E-state index contributed by atoms with van der Waals surface area (Å²) >= 11 is 0. The first-order chi connectivity index (χ1) is 10.2. The van der Waals surface area contributed by atoms with Gasteiger partial charge in [0.05, 0.1) is 6.61 Å². The van der Waals surface area contributed by atoms with E-state index in [0.717, 1.165) is 45.0 Å². The monoisotopic (exact) mass is 292 g/mol. The van der Waals surface area contributed by atoms with E-state index in [2.05, 4.69) is 49.3 Å². The Labute approximate surface area is 128 Å². The van der Waals surface area contributed by atoms with Crippen LogP contribution in [0.25, 0.3) is 0 Å². The van der Waals surface area contributed by atoms with Crippen molar-refractivity contribution in [2.75, 3.05) is 39.9 Å². The van der Waals surface area contributed by atoms with E-state index in [9.17, 15) is 0 Å². The zero-order chi connectivity index (χ0) is 15.1. The van der Waals surface area contributed by atoms with Crippen LogP contribution in [0.5, 0.6) is 5.75 Å². The number of likely N-dealkylation sites (N-methyl/N-ethyl adjacent to an activating group) is 1. The second-order valence-electron chi connectivity index (χ2n) is 5.81. The standard InChI is InChI=1S/C17H28N2O2/c1-4-8-18-11-15-7-5-6-14(2)17(15)21-13-16-12-19(3)9-10-20-16/h5-7,16,18H,4,8-13H2,1-3H3. The van der Waals surface area contributed by atoms with Gasteiger partial charge >= 0.3 is 0 Å². The van der Waals surface area contributed by atoms with Crippen molar-refractivity contribution in [3.63, 3.8) is 0 Å². The number of nitrogens with one attached hydrogen (secondary N) is 1. The SMILES string of the molecule is CCCNCc1cccc(C)c1OCC1CN(C)CCO1. The van der Waals surface area contributed by atoms with Crippen molar-refractivity contribution in [1.82, 2.24) is 10.2 Å². The van der Waals surface area contributed by atoms with Crippen molar-refractivity contribution < 1.29 is 9.47 Å². The van der Waals surface area contributed by atoms with E-state index >= 15 is 0 Å². The summed E-state index contributed by atoms with van der Waals surface area (Å²) in [4.78, 5) is 2.29. The van der Waals surface area contributed by atoms with Crippen molar-refractivity contribution >= 4 is 0 Å². The van der Waals surface area contributed by atoms with E-state index < -0.39 is 0 Å². The van der Waals surface area contributed by atoms with Gasteiger partial charge in [0.15, 0.2) is 0 Å². The highest BCUT2D eigenvalue weighted by molar-refractivity contribution is 5.40. The van der Waals surface area contributed by atoms with Gasteiger partial charge in [0.2, 0.25) is 0 Å². The molecule has 1 fully saturated rings. The molecule has 1 aliphatic heterocycles. The minimum absolute atomic E-state index is 0.166. The van der Waals surface area contributed by atoms with Crippen LogP contribution in [0, 0.1) is 6.92 Å². The number of para-hydroxylation sites is 1. The van der Waals surface area contributed by atoms with Gasteiger partial charge in [0.25, 0.3) is 0 Å². The molecule has 21 heavy (non-hydrogen) atoms. The van der Waals surface area contributed by atoms with Crippen molar-refractivity contribution in [2.24, 2.45) is 0 Å². The molecule has 1 aliphatic rings. The number of morpholine rings is 1. The predicted molar refractivity (Wildman–Crippen MR) is 85.9 cm³/mol. The summed E-state index contributed by atoms with van der Waals surface area (Å²) in [5.41, 5.74) is 2.42. The van der Waals surface area contributed by atoms with Gasteiger partial charge in [-0.15, -0.1) is 0 Å². The molecule has 1 saturated heterocycles. The summed E-state index contributed by atoms with van der Waals surface area (Å²) < 4.78 is 11.9. The Kier molecular flexibility index (Phi) is 6.49. The molecule has 4 nitrogen and oxygen atoms in total. The molecular formula is C17H28N2O2. The summed E-state index contributed by atoms with van der Waals surface area (Å²) in [5.74, 6) is 1.01. The van der Waals surface area contributed by atoms with Crippen LogP contribution in [-0.4, -0.2) is 50.9 Å². The first-order valence-corrected chi connectivity index (χ1v) is 7.93. The fraction of sp³-hybridized carbons (Fsp3) is 0.647. The van der Waals surface area contributed by atoms with Gasteiger partial charge in [-0.2, -0.15) is 0 Å². The molecule has 0 aromatic heterocycles. The molecular weight excluding hydrogens is 264 g/mol. The maximum Gasteiger partial charge on any atom is 0.126 e. The number of nitrogens with zero attached hydrogens (tertiary/aromatic N) is 1. The number of hydrogen-bond acceptors (Lipinski definition) is 4. The zero-order valence-electron chi connectivity index (χ0n) is 13.5. The van der Waals surface area contributed by atoms with E-state index in [1.165, 1.54) is 11.1 Å². The average Bonchev–Trinajstić information content (AvgIpc) is 2.47. The highest BCUT2D eigenvalue weighted by Crippen LogP contribution is 2.24. The van der Waals surface area contributed by atoms with Crippen LogP contribution in [0.15, 0.2) is 18.2 Å². The Morgan fingerprint density at radius 3 is 3.05 bits per heavy atom. The molecule has 1 aromatic carbocycles. The Hall–Kier alpha value is -1.10. The summed E-state index contributed by atoms with van der Waals surface area (Å²) in [6.45, 7) is 9.53. The molecule has 0 bridgehead atoms. The van der Waals surface area contributed by atoms with Gasteiger partial charge in [-0.1, -0.05) is 25.1 Å². The second-order valence-corrected chi connectivity index (χ2v) is 5.81. The summed E-state index contributed by atoms with van der Waals surface area (Å²) in [7, 11) is 2.13. The van der Waals surface area contributed by atoms with Crippen molar-refractivity contribution in [1.29, 1.82) is 0 Å². The van der Waals surface area contributed by atoms with E-state index in [4.69, 9.17) is 9.47 Å². The van der Waals surface area contributed by atoms with Gasteiger partial charge in [-0.25, -0.2) is 0 Å². The largest absolute Gasteiger partial charge is 0.490 e. The van der Waals surface area contributed by atoms with Crippen LogP contribution in [0.1, 0.15) is 24.5 Å². The van der Waals surface area contributed by atoms with Gasteiger partial charge in [-0.05, 0) is 32.5 Å². The highest BCUT2D eigenvalue weighted by Gasteiger charge is 2.19. The molecule has 1 N–H and O–H groups in total. The van der Waals surface area contributed by atoms with E-state index in [0.29, 0.717) is 6.61 Å². The lowest BCUT2D eigenvalue weighted by molar-refractivity contribution is -0.0405. The molecule has 1 atom stereocenters. The summed E-state index contributed by atoms with van der Waals surface area (Å²) in [5, 5.41) is 3.44. The topological polar surface area (TPSA) is 33.7 Å². The lowest BCUT2D eigenvalue weighted by Gasteiger charge is -2.30. The van der Waals surface area contributed by atoms with E-state index in [1.54, 1.807) is 0 Å². The van der Waals surface area contributed by atoms with Crippen molar-refractivity contribution in [2.45, 2.75) is 32.9 Å². The number of hydrogen-bond donors (Lipinski definition) is 1. The number of benzene rings is 1. The minimum Gasteiger partial charge on any atom is -0.490 e. The van der Waals surface area contributed by atoms with Crippen LogP contribution >= 0.6 is 0 Å². The quantitative estimate of drug-likeness (QED) is 0.781. The second kappa shape index (κ2) is 8.37. The van der Waals surface area contributed by atoms with Crippen LogP contribution in [-0.2, 0) is 11.3 Å². The van der Waals surface area contributed by atoms with Gasteiger partial charge < -0.3 is 19.7 Å². The fourth-order valence-corrected chi connectivity index (χ4v) is 2.60. The maximum absolute atomic E-state index is 6.09. The van der Waals surface area contributed by atoms with Gasteiger partial charge in [0.1, 0.15) is 18.5 Å². The Balaban J connectivity index is 1.94. The first kappa shape index (κ1) is 16.3. The third-order valence-electron chi connectivity index (χ3n) is 3.79. The Bertz CT molecular complexity index is 437. The number of ether oxygens (including phenoxy) is 2. The summed E-state index contributed by atoms with van der Waals surface area (Å²) in [6.07, 6.45) is 1.31. The highest BCUT2D eigenvalue weighted by atomic mass is 16.5. The van der Waals surface area contributed by atoms with E-state index in [1.807, 2.05) is 0 Å². The minimum atomic E-state index is 0.166. The van der Waals surface area contributed by atoms with E-state index in [-0.39, 0.29) is 6.10 Å². The molecule has 0 aliphatic carbocycles. The summed E-state index contributed by atoms with van der Waals surface area (Å²) in [6, 6.07) is 6.33. The predicted octanol–water partition coefficient (Wildman–Crippen LogP) is 2.20. The molecule has 1 aromatic rings. The first-order valence-electron chi connectivity index (χ1n) is 7.93. The van der Waals surface area contributed by atoms with Gasteiger partial charge in [0, 0.05) is 25.2 Å². The lowest BCUT2D eigenvalue weighted by Crippen LogP contribution is -2.42. The molecule has 2 rings (SSSR count). The fourth-order valence-electron chi connectivity index (χ4n) is 2.60. The average molecular weight is 292 g/mol. The van der Waals surface area contributed by atoms with Crippen LogP contribution < -0.4 is 10.1 Å². The smallest absolute Gasteiger partial charge is 0.126 e. The number of aryl methyl sites for hydroxylation is 1. The molecule has 0 radical (unpaired) electrons. The number of rotatable bonds is 7. The maximum atomic E-state index is 6.09. The van der Waals surface area contributed by atoms with Crippen LogP contribution in [0.4, 0.5) is 0 Å². The molecule has 118 valence electrons. The Morgan fingerprint density at radius 1 is 1.43 bits per heavy atom. The molecule has 0 amide bonds. The van der Waals surface area contributed by atoms with Crippen LogP contribution in [0.2, 0.25) is 0 Å². The molecule has 4 heteroatoms. The molecule has 1 heterocycles. The Morgan fingerprint density at radius 2 is 2.29 bits per heavy atom. The lowest BCUT2D eigenvalue weighted by atomic mass is 10.1. The third kappa shape index (κ3) is 4.99. The molecule has 0 spiro atoms. The molecule has 1 unspecified atom stereocenters. The van der Waals surface area contributed by atoms with Gasteiger partial charge in [-0.3, -0.25) is 0 Å². The normalized spacial score (nSPS) is 19.7. The zero-order valence-corrected chi connectivity index (χ0v) is 13.5. The van der Waals surface area contributed by atoms with Crippen LogP contribution in [0.3, 0.4) is 0 Å².